The van der Waals surface area contributed by atoms with Crippen molar-refractivity contribution in [1.29, 1.82) is 0 Å². The highest BCUT2D eigenvalue weighted by Gasteiger charge is 2.29. The van der Waals surface area contributed by atoms with E-state index in [0.29, 0.717) is 47.1 Å². The molecule has 2 aromatic carbocycles. The third-order valence-corrected chi connectivity index (χ3v) is 6.32. The maximum atomic E-state index is 13.1. The van der Waals surface area contributed by atoms with E-state index in [2.05, 4.69) is 5.10 Å². The smallest absolute Gasteiger partial charge is 0.166 e. The Kier molecular flexibility index (Phi) is 5.57. The van der Waals surface area contributed by atoms with Crippen molar-refractivity contribution in [2.45, 2.75) is 18.8 Å². The summed E-state index contributed by atoms with van der Waals surface area (Å²) in [5.41, 5.74) is 4.85. The van der Waals surface area contributed by atoms with Crippen LogP contribution in [0.15, 0.2) is 48.8 Å². The summed E-state index contributed by atoms with van der Waals surface area (Å²) in [5, 5.41) is 4.45. The van der Waals surface area contributed by atoms with Crippen LogP contribution in [0.5, 0.6) is 23.0 Å². The molecule has 0 spiro atoms. The van der Waals surface area contributed by atoms with Crippen molar-refractivity contribution in [2.24, 2.45) is 0 Å². The molecular weight excluding hydrogens is 434 g/mol. The molecule has 0 fully saturated rings. The number of hydrogen-bond acceptors (Lipinski definition) is 7. The number of ether oxygens (including phenoxy) is 4. The van der Waals surface area contributed by atoms with E-state index in [9.17, 15) is 4.79 Å². The van der Waals surface area contributed by atoms with Gasteiger partial charge in [-0.2, -0.15) is 5.10 Å². The first-order valence-corrected chi connectivity index (χ1v) is 10.9. The van der Waals surface area contributed by atoms with E-state index in [1.54, 1.807) is 45.3 Å². The number of carbonyl (C=O) groups is 1. The molecule has 0 bridgehead atoms. The molecule has 1 aliphatic carbocycles. The van der Waals surface area contributed by atoms with Crippen LogP contribution >= 0.6 is 0 Å². The molecule has 0 aliphatic heterocycles. The van der Waals surface area contributed by atoms with E-state index in [-0.39, 0.29) is 11.7 Å². The first kappa shape index (κ1) is 21.8. The van der Waals surface area contributed by atoms with Crippen molar-refractivity contribution < 1.29 is 23.7 Å². The Bertz CT molecular complexity index is 1390. The molecule has 174 valence electrons. The molecule has 0 N–H and O–H groups in total. The van der Waals surface area contributed by atoms with Gasteiger partial charge in [-0.15, -0.1) is 0 Å². The van der Waals surface area contributed by atoms with Gasteiger partial charge in [-0.3, -0.25) is 4.79 Å². The van der Waals surface area contributed by atoms with Gasteiger partial charge in [-0.1, -0.05) is 12.1 Å². The summed E-state index contributed by atoms with van der Waals surface area (Å²) in [6.07, 6.45) is 4.59. The van der Waals surface area contributed by atoms with Crippen LogP contribution in [0.3, 0.4) is 0 Å². The quantitative estimate of drug-likeness (QED) is 0.424. The zero-order valence-corrected chi connectivity index (χ0v) is 19.5. The lowest BCUT2D eigenvalue weighted by Gasteiger charge is -2.24. The number of fused-ring (bicyclic) bond motifs is 2. The molecule has 0 amide bonds. The van der Waals surface area contributed by atoms with Crippen LogP contribution in [0.1, 0.15) is 34.0 Å². The zero-order chi connectivity index (χ0) is 23.8. The topological polar surface area (TPSA) is 84.2 Å². The van der Waals surface area contributed by atoms with Gasteiger partial charge in [0.15, 0.2) is 34.4 Å². The van der Waals surface area contributed by atoms with Gasteiger partial charge in [0.25, 0.3) is 0 Å². The molecule has 8 nitrogen and oxygen atoms in total. The molecule has 0 saturated carbocycles. The molecule has 1 aliphatic rings. The minimum absolute atomic E-state index is 0.00204. The first-order chi connectivity index (χ1) is 16.6. The van der Waals surface area contributed by atoms with Crippen LogP contribution in [0.4, 0.5) is 0 Å². The second kappa shape index (κ2) is 8.70. The van der Waals surface area contributed by atoms with Crippen molar-refractivity contribution in [1.82, 2.24) is 14.6 Å². The number of nitrogens with zero attached hydrogens (tertiary/aromatic N) is 3. The van der Waals surface area contributed by atoms with Gasteiger partial charge >= 0.3 is 0 Å². The molecule has 0 saturated heterocycles. The highest BCUT2D eigenvalue weighted by Crippen LogP contribution is 2.38. The number of methoxy groups -OCH3 is 4. The van der Waals surface area contributed by atoms with Crippen molar-refractivity contribution in [2.75, 3.05) is 28.4 Å². The summed E-state index contributed by atoms with van der Waals surface area (Å²) >= 11 is 0. The first-order valence-electron chi connectivity index (χ1n) is 10.9. The lowest BCUT2D eigenvalue weighted by Crippen LogP contribution is -2.21. The van der Waals surface area contributed by atoms with Crippen LogP contribution in [0, 0.1) is 0 Å². The predicted octanol–water partition coefficient (Wildman–Crippen LogP) is 4.34. The normalized spacial score (nSPS) is 15.2. The van der Waals surface area contributed by atoms with Crippen LogP contribution in [-0.4, -0.2) is 48.8 Å². The van der Waals surface area contributed by atoms with Gasteiger partial charge in [0.2, 0.25) is 0 Å². The van der Waals surface area contributed by atoms with Crippen molar-refractivity contribution in [3.63, 3.8) is 0 Å². The standard InChI is InChI=1S/C26H25N3O5/c1-31-22-7-5-15(11-24(22)33-3)17-9-20-19(21(30)10-17)14-29-26(28-20)18(13-27-29)16-6-8-23(32-2)25(12-16)34-4/h5-8,11-14,17H,9-10H2,1-4H3. The van der Waals surface area contributed by atoms with Gasteiger partial charge in [-0.25, -0.2) is 9.50 Å². The average molecular weight is 460 g/mol. The lowest BCUT2D eigenvalue weighted by molar-refractivity contribution is 0.0962. The third-order valence-electron chi connectivity index (χ3n) is 6.32. The van der Waals surface area contributed by atoms with Crippen LogP contribution < -0.4 is 18.9 Å². The van der Waals surface area contributed by atoms with E-state index in [1.807, 2.05) is 36.4 Å². The second-order valence-corrected chi connectivity index (χ2v) is 8.14. The van der Waals surface area contributed by atoms with E-state index in [4.69, 9.17) is 23.9 Å². The monoisotopic (exact) mass is 459 g/mol. The van der Waals surface area contributed by atoms with Crippen LogP contribution in [0.25, 0.3) is 16.8 Å². The van der Waals surface area contributed by atoms with Crippen molar-refractivity contribution >= 4 is 11.4 Å². The van der Waals surface area contributed by atoms with Gasteiger partial charge in [0, 0.05) is 18.2 Å². The Balaban J connectivity index is 1.55. The van der Waals surface area contributed by atoms with Crippen LogP contribution in [0.2, 0.25) is 0 Å². The van der Waals surface area contributed by atoms with E-state index in [1.165, 1.54) is 0 Å². The Morgan fingerprint density at radius 3 is 2.21 bits per heavy atom. The molecule has 2 heterocycles. The fourth-order valence-corrected chi connectivity index (χ4v) is 4.52. The van der Waals surface area contributed by atoms with E-state index >= 15 is 0 Å². The molecular formula is C26H25N3O5. The summed E-state index contributed by atoms with van der Waals surface area (Å²) in [7, 11) is 6.42. The number of aromatic nitrogens is 3. The molecule has 1 atom stereocenters. The Labute approximate surface area is 197 Å². The molecule has 0 radical (unpaired) electrons. The highest BCUT2D eigenvalue weighted by atomic mass is 16.5. The third kappa shape index (κ3) is 3.61. The molecule has 8 heteroatoms. The Hall–Kier alpha value is -4.07. The number of rotatable bonds is 6. The Morgan fingerprint density at radius 1 is 0.824 bits per heavy atom. The minimum Gasteiger partial charge on any atom is -0.493 e. The maximum absolute atomic E-state index is 13.1. The van der Waals surface area contributed by atoms with E-state index in [0.717, 1.165) is 22.4 Å². The largest absolute Gasteiger partial charge is 0.493 e. The number of benzene rings is 2. The average Bonchev–Trinajstić information content (AvgIpc) is 3.29. The fourth-order valence-electron chi connectivity index (χ4n) is 4.52. The molecule has 2 aromatic heterocycles. The summed E-state index contributed by atoms with van der Waals surface area (Å²) in [6, 6.07) is 11.5. The molecule has 34 heavy (non-hydrogen) atoms. The number of Topliss-reactive ketones (excluding diaryl/α,β-unsaturated/α-hetero) is 1. The predicted molar refractivity (Wildman–Crippen MR) is 126 cm³/mol. The van der Waals surface area contributed by atoms with Gasteiger partial charge in [0.1, 0.15) is 0 Å². The summed E-state index contributed by atoms with van der Waals surface area (Å²) < 4.78 is 23.3. The summed E-state index contributed by atoms with van der Waals surface area (Å²) in [5.74, 6) is 2.64. The van der Waals surface area contributed by atoms with Crippen molar-refractivity contribution in [3.05, 3.63) is 65.6 Å². The highest BCUT2D eigenvalue weighted by molar-refractivity contribution is 5.99. The lowest BCUT2D eigenvalue weighted by atomic mass is 9.82. The zero-order valence-electron chi connectivity index (χ0n) is 19.5. The van der Waals surface area contributed by atoms with Crippen LogP contribution in [-0.2, 0) is 6.42 Å². The second-order valence-electron chi connectivity index (χ2n) is 8.14. The fraction of sp³-hybridized carbons (Fsp3) is 0.269. The van der Waals surface area contributed by atoms with Gasteiger partial charge in [0.05, 0.1) is 45.9 Å². The van der Waals surface area contributed by atoms with E-state index < -0.39 is 0 Å². The maximum Gasteiger partial charge on any atom is 0.166 e. The molecule has 1 unspecified atom stereocenters. The molecule has 5 rings (SSSR count). The minimum atomic E-state index is 0.00204. The van der Waals surface area contributed by atoms with Crippen molar-refractivity contribution in [3.8, 4) is 34.1 Å². The number of hydrogen-bond donors (Lipinski definition) is 0. The molecule has 4 aromatic rings. The Morgan fingerprint density at radius 2 is 1.50 bits per heavy atom. The SMILES string of the molecule is COc1ccc(-c2cnn3cc4c(nc23)CC(c2ccc(OC)c(OC)c2)CC4=O)cc1OC. The number of carbonyl (C=O) groups excluding carboxylic acids is 1. The summed E-state index contributed by atoms with van der Waals surface area (Å²) in [4.78, 5) is 18.0. The van der Waals surface area contributed by atoms with Gasteiger partial charge in [-0.05, 0) is 47.7 Å². The van der Waals surface area contributed by atoms with Gasteiger partial charge < -0.3 is 18.9 Å². The number of ketones is 1. The summed E-state index contributed by atoms with van der Waals surface area (Å²) in [6.45, 7) is 0.